The molecule has 0 saturated heterocycles. The first-order valence-corrected chi connectivity index (χ1v) is 9.45. The molecule has 0 heterocycles. The maximum absolute atomic E-state index is 11.6. The standard InChI is InChI=1S/C11H18N2O4S2/c1-13(7-8-18(2,14)15)9-5-4-6-10(11(9)12)19(3,16)17/h4-6H,7-8,12H2,1-3H3. The quantitative estimate of drug-likeness (QED) is 0.778. The number of nitrogen functional groups attached to an aromatic ring is 1. The lowest BCUT2D eigenvalue weighted by molar-refractivity contribution is 0.599. The first kappa shape index (κ1) is 15.8. The number of anilines is 2. The van der Waals surface area contributed by atoms with E-state index in [0.29, 0.717) is 5.69 Å². The average Bonchev–Trinajstić information content (AvgIpc) is 2.23. The predicted octanol–water partition coefficient (Wildman–Crippen LogP) is 0.153. The fourth-order valence-corrected chi connectivity index (χ4v) is 3.05. The molecule has 8 heteroatoms. The van der Waals surface area contributed by atoms with Gasteiger partial charge in [-0.25, -0.2) is 16.8 Å². The smallest absolute Gasteiger partial charge is 0.177 e. The molecule has 0 radical (unpaired) electrons. The van der Waals surface area contributed by atoms with Gasteiger partial charge in [-0.2, -0.15) is 0 Å². The Bertz CT molecular complexity index is 666. The zero-order valence-corrected chi connectivity index (χ0v) is 12.8. The van der Waals surface area contributed by atoms with Crippen molar-refractivity contribution in [2.45, 2.75) is 4.90 Å². The molecular formula is C11H18N2O4S2. The molecule has 0 spiro atoms. The van der Waals surface area contributed by atoms with E-state index in [9.17, 15) is 16.8 Å². The van der Waals surface area contributed by atoms with Crippen LogP contribution in [0.5, 0.6) is 0 Å². The van der Waals surface area contributed by atoms with Gasteiger partial charge in [-0.05, 0) is 12.1 Å². The van der Waals surface area contributed by atoms with Gasteiger partial charge in [0, 0.05) is 26.1 Å². The molecule has 1 aromatic carbocycles. The van der Waals surface area contributed by atoms with Crippen LogP contribution in [0.4, 0.5) is 11.4 Å². The van der Waals surface area contributed by atoms with Crippen LogP contribution < -0.4 is 10.6 Å². The third kappa shape index (κ3) is 4.39. The zero-order valence-electron chi connectivity index (χ0n) is 11.1. The monoisotopic (exact) mass is 306 g/mol. The topological polar surface area (TPSA) is 97.5 Å². The summed E-state index contributed by atoms with van der Waals surface area (Å²) in [6, 6.07) is 4.67. The maximum Gasteiger partial charge on any atom is 0.177 e. The summed E-state index contributed by atoms with van der Waals surface area (Å²) in [4.78, 5) is 1.68. The van der Waals surface area contributed by atoms with E-state index in [4.69, 9.17) is 5.73 Å². The number of hydrogen-bond acceptors (Lipinski definition) is 6. The van der Waals surface area contributed by atoms with Crippen LogP contribution in [0.3, 0.4) is 0 Å². The van der Waals surface area contributed by atoms with E-state index >= 15 is 0 Å². The van der Waals surface area contributed by atoms with Crippen LogP contribution in [0.25, 0.3) is 0 Å². The minimum atomic E-state index is -3.40. The van der Waals surface area contributed by atoms with Gasteiger partial charge in [0.25, 0.3) is 0 Å². The fraction of sp³-hybridized carbons (Fsp3) is 0.455. The van der Waals surface area contributed by atoms with Crippen molar-refractivity contribution in [1.82, 2.24) is 0 Å². The Hall–Kier alpha value is -1.28. The highest BCUT2D eigenvalue weighted by atomic mass is 32.2. The van der Waals surface area contributed by atoms with Crippen molar-refractivity contribution in [3.8, 4) is 0 Å². The number of nitrogens with zero attached hydrogens (tertiary/aromatic N) is 1. The van der Waals surface area contributed by atoms with Gasteiger partial charge in [0.15, 0.2) is 9.84 Å². The van der Waals surface area contributed by atoms with Crippen molar-refractivity contribution in [2.24, 2.45) is 0 Å². The van der Waals surface area contributed by atoms with Gasteiger partial charge < -0.3 is 10.6 Å². The minimum absolute atomic E-state index is 0.0218. The lowest BCUT2D eigenvalue weighted by Crippen LogP contribution is -2.26. The van der Waals surface area contributed by atoms with E-state index in [1.165, 1.54) is 6.07 Å². The van der Waals surface area contributed by atoms with Gasteiger partial charge in [-0.3, -0.25) is 0 Å². The van der Waals surface area contributed by atoms with Crippen molar-refractivity contribution >= 4 is 31.0 Å². The number of nitrogens with two attached hydrogens (primary N) is 1. The van der Waals surface area contributed by atoms with E-state index < -0.39 is 19.7 Å². The normalized spacial score (nSPS) is 12.4. The molecule has 0 aliphatic rings. The summed E-state index contributed by atoms with van der Waals surface area (Å²) in [7, 11) is -4.81. The molecule has 0 fully saturated rings. The predicted molar refractivity (Wildman–Crippen MR) is 76.9 cm³/mol. The Kier molecular flexibility index (Phi) is 4.46. The molecule has 0 bridgehead atoms. The average molecular weight is 306 g/mol. The molecule has 0 saturated carbocycles. The molecule has 1 rings (SSSR count). The SMILES string of the molecule is CN(CCS(C)(=O)=O)c1cccc(S(C)(=O)=O)c1N. The van der Waals surface area contributed by atoms with E-state index in [-0.39, 0.29) is 22.9 Å². The van der Waals surface area contributed by atoms with E-state index in [2.05, 4.69) is 0 Å². The van der Waals surface area contributed by atoms with Crippen molar-refractivity contribution in [3.05, 3.63) is 18.2 Å². The number of hydrogen-bond donors (Lipinski definition) is 1. The van der Waals surface area contributed by atoms with Crippen molar-refractivity contribution < 1.29 is 16.8 Å². The first-order valence-electron chi connectivity index (χ1n) is 5.50. The maximum atomic E-state index is 11.6. The number of sulfone groups is 2. The summed E-state index contributed by atoms with van der Waals surface area (Å²) in [5.41, 5.74) is 6.49. The van der Waals surface area contributed by atoms with Gasteiger partial charge >= 0.3 is 0 Å². The van der Waals surface area contributed by atoms with E-state index in [1.807, 2.05) is 0 Å². The van der Waals surface area contributed by atoms with Crippen LogP contribution in [-0.4, -0.2) is 48.7 Å². The molecule has 19 heavy (non-hydrogen) atoms. The van der Waals surface area contributed by atoms with Crippen molar-refractivity contribution in [1.29, 1.82) is 0 Å². The molecule has 2 N–H and O–H groups in total. The highest BCUT2D eigenvalue weighted by molar-refractivity contribution is 7.91. The minimum Gasteiger partial charge on any atom is -0.396 e. The van der Waals surface area contributed by atoms with Gasteiger partial charge in [-0.1, -0.05) is 6.07 Å². The van der Waals surface area contributed by atoms with Gasteiger partial charge in [0.1, 0.15) is 9.84 Å². The summed E-state index contributed by atoms with van der Waals surface area (Å²) in [5, 5.41) is 0. The van der Waals surface area contributed by atoms with Crippen molar-refractivity contribution in [3.63, 3.8) is 0 Å². The summed E-state index contributed by atoms with van der Waals surface area (Å²) in [5.74, 6) is -0.0218. The molecule has 0 aliphatic carbocycles. The molecule has 0 amide bonds. The molecule has 0 atom stereocenters. The van der Waals surface area contributed by atoms with Gasteiger partial charge in [0.2, 0.25) is 0 Å². The largest absolute Gasteiger partial charge is 0.396 e. The Morgan fingerprint density at radius 1 is 1.16 bits per heavy atom. The molecule has 0 aromatic heterocycles. The van der Waals surface area contributed by atoms with Crippen LogP contribution in [0.1, 0.15) is 0 Å². The molecule has 1 aromatic rings. The lowest BCUT2D eigenvalue weighted by atomic mass is 10.2. The molecule has 0 aliphatic heterocycles. The molecule has 108 valence electrons. The van der Waals surface area contributed by atoms with Crippen LogP contribution in [-0.2, 0) is 19.7 Å². The molecule has 6 nitrogen and oxygen atoms in total. The van der Waals surface area contributed by atoms with Crippen LogP contribution in [0.15, 0.2) is 23.1 Å². The first-order chi connectivity index (χ1) is 8.52. The van der Waals surface area contributed by atoms with E-state index in [0.717, 1.165) is 12.5 Å². The highest BCUT2D eigenvalue weighted by Crippen LogP contribution is 2.28. The van der Waals surface area contributed by atoms with Crippen LogP contribution in [0.2, 0.25) is 0 Å². The zero-order chi connectivity index (χ0) is 14.8. The highest BCUT2D eigenvalue weighted by Gasteiger charge is 2.16. The number of benzene rings is 1. The number of rotatable bonds is 5. The van der Waals surface area contributed by atoms with E-state index in [1.54, 1.807) is 24.1 Å². The molecular weight excluding hydrogens is 288 g/mol. The molecule has 0 unspecified atom stereocenters. The summed E-state index contributed by atoms with van der Waals surface area (Å²) in [6.45, 7) is 0.246. The Balaban J connectivity index is 3.09. The second-order valence-electron chi connectivity index (χ2n) is 4.51. The van der Waals surface area contributed by atoms with Gasteiger partial charge in [0.05, 0.1) is 22.0 Å². The summed E-state index contributed by atoms with van der Waals surface area (Å²) in [6.07, 6.45) is 2.23. The summed E-state index contributed by atoms with van der Waals surface area (Å²) >= 11 is 0. The lowest BCUT2D eigenvalue weighted by Gasteiger charge is -2.21. The van der Waals surface area contributed by atoms with Crippen LogP contribution >= 0.6 is 0 Å². The van der Waals surface area contributed by atoms with Gasteiger partial charge in [-0.15, -0.1) is 0 Å². The van der Waals surface area contributed by atoms with Crippen LogP contribution in [0, 0.1) is 0 Å². The second kappa shape index (κ2) is 5.38. The Labute approximate surface area is 114 Å². The summed E-state index contributed by atoms with van der Waals surface area (Å²) < 4.78 is 45.4. The van der Waals surface area contributed by atoms with Crippen molar-refractivity contribution in [2.75, 3.05) is 42.5 Å². The fourth-order valence-electron chi connectivity index (χ4n) is 1.61. The second-order valence-corrected chi connectivity index (χ2v) is 8.76. The Morgan fingerprint density at radius 3 is 2.21 bits per heavy atom. The number of para-hydroxylation sites is 1. The third-order valence-corrected chi connectivity index (χ3v) is 4.73. The third-order valence-electron chi connectivity index (χ3n) is 2.65. The Morgan fingerprint density at radius 2 is 1.74 bits per heavy atom.